The lowest BCUT2D eigenvalue weighted by atomic mass is 9.88. The molecule has 0 radical (unpaired) electrons. The Labute approximate surface area is 228 Å². The van der Waals surface area contributed by atoms with Crippen LogP contribution < -0.4 is 10.3 Å². The molecule has 1 saturated carbocycles. The molecule has 1 aliphatic carbocycles. The van der Waals surface area contributed by atoms with Crippen molar-refractivity contribution in [2.24, 2.45) is 5.10 Å². The Hall–Kier alpha value is -3.85. The maximum Gasteiger partial charge on any atom is 0.311 e. The molecule has 0 unspecified atom stereocenters. The molecule has 0 amide bonds. The first kappa shape index (κ1) is 25.8. The highest BCUT2D eigenvalue weighted by Gasteiger charge is 2.23. The largest absolute Gasteiger partial charge is 0.482 e. The summed E-state index contributed by atoms with van der Waals surface area (Å²) in [5.74, 6) is 0.937. The zero-order valence-electron chi connectivity index (χ0n) is 21.0. The predicted octanol–water partition coefficient (Wildman–Crippen LogP) is 6.88. The molecule has 1 fully saturated rings. The van der Waals surface area contributed by atoms with E-state index in [2.05, 4.69) is 21.0 Å². The standard InChI is InChI=1S/C29H27BrN4O4/c1-19-7-9-20(10-8-19)18-38-27-14-11-21(15-26(27)34(36)37)17-31-33-28(22-5-3-2-4-6-22)32-25-13-12-23(30)16-24(25)29(33)35/h7-17,22H,2-6,18H2,1H3. The fourth-order valence-corrected chi connectivity index (χ4v) is 5.11. The number of aromatic nitrogens is 2. The van der Waals surface area contributed by atoms with Gasteiger partial charge in [0, 0.05) is 22.0 Å². The fraction of sp³-hybridized carbons (Fsp3) is 0.276. The first-order chi connectivity index (χ1) is 18.4. The number of benzene rings is 3. The SMILES string of the molecule is Cc1ccc(COc2ccc(C=Nn3c(C4CCCCC4)nc4ccc(Br)cc4c3=O)cc2[N+](=O)[O-])cc1. The Morgan fingerprint density at radius 1 is 1.11 bits per heavy atom. The molecule has 1 aromatic heterocycles. The van der Waals surface area contributed by atoms with Gasteiger partial charge in [-0.05, 0) is 55.7 Å². The first-order valence-electron chi connectivity index (χ1n) is 12.6. The van der Waals surface area contributed by atoms with Crippen molar-refractivity contribution in [3.63, 3.8) is 0 Å². The second-order valence-electron chi connectivity index (χ2n) is 9.59. The first-order valence-corrected chi connectivity index (χ1v) is 13.4. The van der Waals surface area contributed by atoms with Gasteiger partial charge in [-0.1, -0.05) is 65.0 Å². The van der Waals surface area contributed by atoms with Crippen LogP contribution >= 0.6 is 15.9 Å². The van der Waals surface area contributed by atoms with Crippen molar-refractivity contribution in [3.05, 3.63) is 108 Å². The number of nitro groups is 1. The van der Waals surface area contributed by atoms with Gasteiger partial charge in [-0.25, -0.2) is 4.98 Å². The summed E-state index contributed by atoms with van der Waals surface area (Å²) in [6.45, 7) is 2.21. The number of rotatable bonds is 7. The molecular weight excluding hydrogens is 548 g/mol. The minimum atomic E-state index is -0.476. The van der Waals surface area contributed by atoms with E-state index in [-0.39, 0.29) is 29.5 Å². The third kappa shape index (κ3) is 5.67. The lowest BCUT2D eigenvalue weighted by molar-refractivity contribution is -0.385. The van der Waals surface area contributed by atoms with Gasteiger partial charge in [0.25, 0.3) is 5.56 Å². The minimum absolute atomic E-state index is 0.133. The van der Waals surface area contributed by atoms with E-state index in [1.807, 2.05) is 43.3 Å². The summed E-state index contributed by atoms with van der Waals surface area (Å²) in [5, 5.41) is 16.8. The van der Waals surface area contributed by atoms with Crippen LogP contribution in [0.5, 0.6) is 5.75 Å². The zero-order chi connectivity index (χ0) is 26.6. The van der Waals surface area contributed by atoms with Crippen molar-refractivity contribution in [2.75, 3.05) is 0 Å². The quantitative estimate of drug-likeness (QED) is 0.136. The molecule has 9 heteroatoms. The van der Waals surface area contributed by atoms with Crippen molar-refractivity contribution in [1.82, 2.24) is 9.66 Å². The van der Waals surface area contributed by atoms with Crippen LogP contribution in [0.4, 0.5) is 5.69 Å². The van der Waals surface area contributed by atoms with E-state index in [0.29, 0.717) is 22.3 Å². The van der Waals surface area contributed by atoms with E-state index in [1.54, 1.807) is 18.2 Å². The molecule has 8 nitrogen and oxygen atoms in total. The highest BCUT2D eigenvalue weighted by atomic mass is 79.9. The van der Waals surface area contributed by atoms with Crippen molar-refractivity contribution >= 4 is 38.7 Å². The minimum Gasteiger partial charge on any atom is -0.482 e. The van der Waals surface area contributed by atoms with Crippen molar-refractivity contribution in [1.29, 1.82) is 0 Å². The molecule has 0 spiro atoms. The van der Waals surface area contributed by atoms with Crippen LogP contribution in [0.25, 0.3) is 10.9 Å². The molecule has 0 aliphatic heterocycles. The second-order valence-corrected chi connectivity index (χ2v) is 10.5. The summed E-state index contributed by atoms with van der Waals surface area (Å²) >= 11 is 3.43. The Morgan fingerprint density at radius 2 is 1.87 bits per heavy atom. The zero-order valence-corrected chi connectivity index (χ0v) is 22.6. The van der Waals surface area contributed by atoms with Crippen LogP contribution in [-0.2, 0) is 6.61 Å². The van der Waals surface area contributed by atoms with Gasteiger partial charge < -0.3 is 4.74 Å². The highest BCUT2D eigenvalue weighted by molar-refractivity contribution is 9.10. The van der Waals surface area contributed by atoms with Gasteiger partial charge in [0.05, 0.1) is 22.0 Å². The van der Waals surface area contributed by atoms with Crippen LogP contribution in [0.1, 0.15) is 60.5 Å². The Balaban J connectivity index is 1.48. The van der Waals surface area contributed by atoms with E-state index in [0.717, 1.165) is 41.3 Å². The summed E-state index contributed by atoms with van der Waals surface area (Å²) in [7, 11) is 0. The van der Waals surface area contributed by atoms with Gasteiger partial charge in [-0.2, -0.15) is 9.78 Å². The molecular formula is C29H27BrN4O4. The Bertz CT molecular complexity index is 1570. The maximum absolute atomic E-state index is 13.5. The van der Waals surface area contributed by atoms with E-state index < -0.39 is 4.92 Å². The van der Waals surface area contributed by atoms with Crippen LogP contribution in [0.15, 0.2) is 75.0 Å². The van der Waals surface area contributed by atoms with Crippen LogP contribution in [0.2, 0.25) is 0 Å². The lowest BCUT2D eigenvalue weighted by Gasteiger charge is -2.22. The normalized spacial score (nSPS) is 14.3. The van der Waals surface area contributed by atoms with E-state index >= 15 is 0 Å². The monoisotopic (exact) mass is 574 g/mol. The summed E-state index contributed by atoms with van der Waals surface area (Å²) < 4.78 is 7.90. The average Bonchev–Trinajstić information content (AvgIpc) is 2.93. The molecule has 0 saturated heterocycles. The smallest absolute Gasteiger partial charge is 0.311 e. The number of ether oxygens (including phenoxy) is 1. The van der Waals surface area contributed by atoms with Crippen LogP contribution in [0, 0.1) is 17.0 Å². The summed E-state index contributed by atoms with van der Waals surface area (Å²) in [6, 6.07) is 17.9. The summed E-state index contributed by atoms with van der Waals surface area (Å²) in [4.78, 5) is 29.7. The third-order valence-corrected chi connectivity index (χ3v) is 7.31. The molecule has 38 heavy (non-hydrogen) atoms. The van der Waals surface area contributed by atoms with Crippen molar-refractivity contribution in [2.45, 2.75) is 51.6 Å². The number of aryl methyl sites for hydroxylation is 1. The number of fused-ring (bicyclic) bond motifs is 1. The number of nitro benzene ring substituents is 1. The van der Waals surface area contributed by atoms with Gasteiger partial charge in [0.15, 0.2) is 5.75 Å². The topological polar surface area (TPSA) is 99.6 Å². The number of hydrogen-bond acceptors (Lipinski definition) is 6. The van der Waals surface area contributed by atoms with E-state index in [4.69, 9.17) is 9.72 Å². The van der Waals surface area contributed by atoms with Gasteiger partial charge >= 0.3 is 5.69 Å². The molecule has 0 bridgehead atoms. The molecule has 1 heterocycles. The summed E-state index contributed by atoms with van der Waals surface area (Å²) in [5.41, 5.74) is 2.73. The van der Waals surface area contributed by atoms with Crippen molar-refractivity contribution in [3.8, 4) is 5.75 Å². The molecule has 194 valence electrons. The number of halogens is 1. The predicted molar refractivity (Wildman–Crippen MR) is 151 cm³/mol. The van der Waals surface area contributed by atoms with Gasteiger partial charge in [-0.15, -0.1) is 0 Å². The molecule has 3 aromatic carbocycles. The molecule has 0 N–H and O–H groups in total. The van der Waals surface area contributed by atoms with Gasteiger partial charge in [-0.3, -0.25) is 14.9 Å². The van der Waals surface area contributed by atoms with Crippen LogP contribution in [0.3, 0.4) is 0 Å². The molecule has 5 rings (SSSR count). The number of nitrogens with zero attached hydrogens (tertiary/aromatic N) is 4. The van der Waals surface area contributed by atoms with Gasteiger partial charge in [0.1, 0.15) is 12.4 Å². The fourth-order valence-electron chi connectivity index (χ4n) is 4.75. The molecule has 1 aliphatic rings. The average molecular weight is 575 g/mol. The third-order valence-electron chi connectivity index (χ3n) is 6.82. The van der Waals surface area contributed by atoms with E-state index in [9.17, 15) is 14.9 Å². The maximum atomic E-state index is 13.5. The summed E-state index contributed by atoms with van der Waals surface area (Å²) in [6.07, 6.45) is 6.70. The molecule has 4 aromatic rings. The van der Waals surface area contributed by atoms with Crippen LogP contribution in [-0.4, -0.2) is 20.8 Å². The van der Waals surface area contributed by atoms with Gasteiger partial charge in [0.2, 0.25) is 0 Å². The molecule has 0 atom stereocenters. The van der Waals surface area contributed by atoms with Crippen molar-refractivity contribution < 1.29 is 9.66 Å². The lowest BCUT2D eigenvalue weighted by Crippen LogP contribution is -2.25. The van der Waals surface area contributed by atoms with E-state index in [1.165, 1.54) is 23.4 Å². The number of hydrogen-bond donors (Lipinski definition) is 0. The Morgan fingerprint density at radius 3 is 2.61 bits per heavy atom. The Kier molecular flexibility index (Phi) is 7.64. The highest BCUT2D eigenvalue weighted by Crippen LogP contribution is 2.32. The second kappa shape index (κ2) is 11.3.